The zero-order valence-electron chi connectivity index (χ0n) is 11.7. The van der Waals surface area contributed by atoms with Crippen LogP contribution in [0.3, 0.4) is 0 Å². The quantitative estimate of drug-likeness (QED) is 0.778. The minimum absolute atomic E-state index is 0.371. The molecule has 0 spiro atoms. The molecular weight excluding hydrogens is 198 g/mol. The van der Waals surface area contributed by atoms with Crippen molar-refractivity contribution in [2.45, 2.75) is 66.0 Å². The first-order chi connectivity index (χ1) is 7.47. The van der Waals surface area contributed by atoms with Gasteiger partial charge in [-0.15, -0.1) is 0 Å². The van der Waals surface area contributed by atoms with Crippen molar-refractivity contribution >= 4 is 0 Å². The number of rotatable bonds is 5. The van der Waals surface area contributed by atoms with E-state index in [0.717, 1.165) is 13.2 Å². The van der Waals surface area contributed by atoms with E-state index in [2.05, 4.69) is 39.9 Å². The van der Waals surface area contributed by atoms with Gasteiger partial charge in [-0.25, -0.2) is 0 Å². The first kappa shape index (κ1) is 14.0. The molecule has 2 nitrogen and oxygen atoms in total. The largest absolute Gasteiger partial charge is 0.376 e. The molecule has 0 aromatic carbocycles. The van der Waals surface area contributed by atoms with E-state index in [1.807, 2.05) is 0 Å². The molecule has 1 N–H and O–H groups in total. The number of nitrogens with one attached hydrogen (secondary N) is 1. The summed E-state index contributed by atoms with van der Waals surface area (Å²) in [6, 6.07) is 0.519. The molecular formula is C14H29NO. The third kappa shape index (κ3) is 3.74. The third-order valence-electron chi connectivity index (χ3n) is 3.59. The van der Waals surface area contributed by atoms with Crippen molar-refractivity contribution < 1.29 is 4.74 Å². The predicted octanol–water partition coefficient (Wildman–Crippen LogP) is 3.22. The molecule has 0 radical (unpaired) electrons. The van der Waals surface area contributed by atoms with Gasteiger partial charge in [0.2, 0.25) is 0 Å². The van der Waals surface area contributed by atoms with E-state index in [0.29, 0.717) is 23.5 Å². The van der Waals surface area contributed by atoms with Gasteiger partial charge in [0, 0.05) is 12.6 Å². The zero-order valence-corrected chi connectivity index (χ0v) is 11.7. The normalized spacial score (nSPS) is 29.6. The van der Waals surface area contributed by atoms with Crippen LogP contribution in [0.25, 0.3) is 0 Å². The van der Waals surface area contributed by atoms with E-state index in [4.69, 9.17) is 4.74 Å². The van der Waals surface area contributed by atoms with Crippen molar-refractivity contribution in [3.05, 3.63) is 0 Å². The Morgan fingerprint density at radius 3 is 2.62 bits per heavy atom. The summed E-state index contributed by atoms with van der Waals surface area (Å²) >= 11 is 0. The molecule has 0 aromatic rings. The second kappa shape index (κ2) is 6.02. The molecule has 2 unspecified atom stereocenters. The maximum Gasteiger partial charge on any atom is 0.0733 e. The summed E-state index contributed by atoms with van der Waals surface area (Å²) in [5.41, 5.74) is 0.371. The molecule has 2 heteroatoms. The molecule has 0 saturated heterocycles. The van der Waals surface area contributed by atoms with Crippen LogP contribution in [-0.4, -0.2) is 25.3 Å². The first-order valence-corrected chi connectivity index (χ1v) is 6.82. The van der Waals surface area contributed by atoms with Crippen LogP contribution in [0.5, 0.6) is 0 Å². The van der Waals surface area contributed by atoms with Crippen LogP contribution < -0.4 is 5.32 Å². The molecule has 1 aliphatic carbocycles. The summed E-state index contributed by atoms with van der Waals surface area (Å²) in [6.45, 7) is 13.3. The van der Waals surface area contributed by atoms with Crippen molar-refractivity contribution in [1.29, 1.82) is 0 Å². The van der Waals surface area contributed by atoms with E-state index in [1.165, 1.54) is 19.3 Å². The highest BCUT2D eigenvalue weighted by Gasteiger charge is 2.38. The fraction of sp³-hybridized carbons (Fsp3) is 1.00. The Kier molecular flexibility index (Phi) is 5.26. The van der Waals surface area contributed by atoms with Gasteiger partial charge in [-0.3, -0.25) is 0 Å². The van der Waals surface area contributed by atoms with Gasteiger partial charge in [0.15, 0.2) is 0 Å². The molecule has 0 heterocycles. The van der Waals surface area contributed by atoms with E-state index in [-0.39, 0.29) is 0 Å². The van der Waals surface area contributed by atoms with Gasteiger partial charge >= 0.3 is 0 Å². The topological polar surface area (TPSA) is 21.3 Å². The fourth-order valence-corrected chi connectivity index (χ4v) is 2.71. The van der Waals surface area contributed by atoms with Crippen LogP contribution in [0.15, 0.2) is 0 Å². The van der Waals surface area contributed by atoms with E-state index < -0.39 is 0 Å². The van der Waals surface area contributed by atoms with E-state index in [9.17, 15) is 0 Å². The standard InChI is InChI=1S/C14H29NO/c1-6-15-13-12(16-10-11(2)3)8-7-9-14(13,4)5/h11-13,15H,6-10H2,1-5H3. The summed E-state index contributed by atoms with van der Waals surface area (Å²) < 4.78 is 6.08. The smallest absolute Gasteiger partial charge is 0.0733 e. The van der Waals surface area contributed by atoms with Crippen molar-refractivity contribution in [2.24, 2.45) is 11.3 Å². The minimum Gasteiger partial charge on any atom is -0.376 e. The minimum atomic E-state index is 0.371. The zero-order chi connectivity index (χ0) is 12.2. The lowest BCUT2D eigenvalue weighted by Gasteiger charge is -2.44. The molecule has 0 aliphatic heterocycles. The maximum atomic E-state index is 6.08. The predicted molar refractivity (Wildman–Crippen MR) is 69.7 cm³/mol. The maximum absolute atomic E-state index is 6.08. The van der Waals surface area contributed by atoms with Crippen LogP contribution in [0.1, 0.15) is 53.9 Å². The lowest BCUT2D eigenvalue weighted by molar-refractivity contribution is -0.0455. The molecule has 96 valence electrons. The van der Waals surface area contributed by atoms with Crippen LogP contribution in [-0.2, 0) is 4.74 Å². The van der Waals surface area contributed by atoms with Crippen molar-refractivity contribution in [1.82, 2.24) is 5.32 Å². The molecule has 1 aliphatic rings. The van der Waals surface area contributed by atoms with Gasteiger partial charge in [0.1, 0.15) is 0 Å². The van der Waals surface area contributed by atoms with Crippen molar-refractivity contribution in [3.8, 4) is 0 Å². The Labute approximate surface area is 101 Å². The highest BCUT2D eigenvalue weighted by molar-refractivity contribution is 4.94. The lowest BCUT2D eigenvalue weighted by atomic mass is 9.71. The fourth-order valence-electron chi connectivity index (χ4n) is 2.71. The van der Waals surface area contributed by atoms with Crippen LogP contribution in [0, 0.1) is 11.3 Å². The Balaban J connectivity index is 2.57. The Morgan fingerprint density at radius 2 is 2.06 bits per heavy atom. The average molecular weight is 227 g/mol. The molecule has 0 amide bonds. The average Bonchev–Trinajstić information content (AvgIpc) is 2.18. The van der Waals surface area contributed by atoms with Gasteiger partial charge < -0.3 is 10.1 Å². The summed E-state index contributed by atoms with van der Waals surface area (Å²) in [5.74, 6) is 0.632. The summed E-state index contributed by atoms with van der Waals surface area (Å²) in [7, 11) is 0. The second-order valence-corrected chi connectivity index (χ2v) is 6.18. The van der Waals surface area contributed by atoms with Gasteiger partial charge in [-0.2, -0.15) is 0 Å². The van der Waals surface area contributed by atoms with Crippen LogP contribution >= 0.6 is 0 Å². The Bertz CT molecular complexity index is 201. The first-order valence-electron chi connectivity index (χ1n) is 6.82. The van der Waals surface area contributed by atoms with E-state index in [1.54, 1.807) is 0 Å². The molecule has 1 saturated carbocycles. The van der Waals surface area contributed by atoms with Gasteiger partial charge in [0.05, 0.1) is 6.10 Å². The SMILES string of the molecule is CCNC1C(OCC(C)C)CCCC1(C)C. The number of hydrogen-bond donors (Lipinski definition) is 1. The number of ether oxygens (including phenoxy) is 1. The van der Waals surface area contributed by atoms with Gasteiger partial charge in [-0.05, 0) is 30.7 Å². The number of likely N-dealkylation sites (N-methyl/N-ethyl adjacent to an activating group) is 1. The monoisotopic (exact) mass is 227 g/mol. The summed E-state index contributed by atoms with van der Waals surface area (Å²) in [4.78, 5) is 0. The molecule has 1 rings (SSSR count). The van der Waals surface area contributed by atoms with E-state index >= 15 is 0 Å². The third-order valence-corrected chi connectivity index (χ3v) is 3.59. The van der Waals surface area contributed by atoms with Gasteiger partial charge in [0.25, 0.3) is 0 Å². The van der Waals surface area contributed by atoms with Crippen LogP contribution in [0.2, 0.25) is 0 Å². The molecule has 1 fully saturated rings. The Morgan fingerprint density at radius 1 is 1.38 bits per heavy atom. The van der Waals surface area contributed by atoms with Gasteiger partial charge in [-0.1, -0.05) is 41.0 Å². The van der Waals surface area contributed by atoms with Crippen molar-refractivity contribution in [2.75, 3.05) is 13.2 Å². The highest BCUT2D eigenvalue weighted by atomic mass is 16.5. The molecule has 2 atom stereocenters. The summed E-state index contributed by atoms with van der Waals surface area (Å²) in [6.07, 6.45) is 4.24. The molecule has 0 bridgehead atoms. The van der Waals surface area contributed by atoms with Crippen LogP contribution in [0.4, 0.5) is 0 Å². The highest BCUT2D eigenvalue weighted by Crippen LogP contribution is 2.37. The Hall–Kier alpha value is -0.0800. The lowest BCUT2D eigenvalue weighted by Crippen LogP contribution is -2.53. The molecule has 16 heavy (non-hydrogen) atoms. The molecule has 0 aromatic heterocycles. The number of hydrogen-bond acceptors (Lipinski definition) is 2. The summed E-state index contributed by atoms with van der Waals surface area (Å²) in [5, 5.41) is 3.62. The second-order valence-electron chi connectivity index (χ2n) is 6.18. The van der Waals surface area contributed by atoms with Crippen molar-refractivity contribution in [3.63, 3.8) is 0 Å².